The minimum Gasteiger partial charge on any atom is -0.480 e. The number of carboxylic acid groups (broad SMARTS) is 1. The van der Waals surface area contributed by atoms with Crippen molar-refractivity contribution in [1.29, 1.82) is 0 Å². The fraction of sp³-hybridized carbons (Fsp3) is 0.875. The van der Waals surface area contributed by atoms with Gasteiger partial charge in [-0.15, -0.1) is 0 Å². The molecule has 0 heterocycles. The fourth-order valence-electron chi connectivity index (χ4n) is 1.61. The van der Waals surface area contributed by atoms with Crippen molar-refractivity contribution in [3.8, 4) is 0 Å². The molecule has 0 amide bonds. The number of halogens is 2. The van der Waals surface area contributed by atoms with Gasteiger partial charge in [-0.25, -0.2) is 0 Å². The fourth-order valence-corrected chi connectivity index (χ4v) is 2.74. The molecule has 1 fully saturated rings. The van der Waals surface area contributed by atoms with Crippen LogP contribution in [-0.4, -0.2) is 19.7 Å². The Morgan fingerprint density at radius 3 is 2.17 bits per heavy atom. The highest BCUT2D eigenvalue weighted by Gasteiger charge is 2.52. The van der Waals surface area contributed by atoms with Crippen LogP contribution in [0, 0.1) is 0 Å². The van der Waals surface area contributed by atoms with Gasteiger partial charge in [-0.3, -0.25) is 4.79 Å². The van der Waals surface area contributed by atoms with Crippen LogP contribution in [0.4, 0.5) is 0 Å². The molecule has 1 saturated carbocycles. The van der Waals surface area contributed by atoms with E-state index in [1.165, 1.54) is 0 Å². The van der Waals surface area contributed by atoms with Crippen LogP contribution in [0.1, 0.15) is 32.6 Å². The highest BCUT2D eigenvalue weighted by atomic mass is 79.9. The summed E-state index contributed by atoms with van der Waals surface area (Å²) in [5.74, 6) is -0.762. The molecule has 12 heavy (non-hydrogen) atoms. The molecule has 0 spiro atoms. The van der Waals surface area contributed by atoms with Gasteiger partial charge in [0.15, 0.2) is 0 Å². The van der Waals surface area contributed by atoms with Gasteiger partial charge in [-0.2, -0.15) is 0 Å². The van der Waals surface area contributed by atoms with E-state index in [-0.39, 0.29) is 4.32 Å². The number of hydrogen-bond acceptors (Lipinski definition) is 1. The molecule has 2 nitrogen and oxygen atoms in total. The molecule has 1 aliphatic carbocycles. The Morgan fingerprint density at radius 2 is 1.83 bits per heavy atom. The van der Waals surface area contributed by atoms with Gasteiger partial charge in [0.2, 0.25) is 0 Å². The standard InChI is InChI=1S/C8H12Br2O2/c1-7(9)4-2-3-5-8(7,10)6(11)12/h2-5H2,1H3,(H,11,12). The summed E-state index contributed by atoms with van der Waals surface area (Å²) < 4.78 is -1.09. The van der Waals surface area contributed by atoms with Crippen molar-refractivity contribution in [3.05, 3.63) is 0 Å². The van der Waals surface area contributed by atoms with Gasteiger partial charge in [-0.1, -0.05) is 44.7 Å². The molecule has 0 aliphatic heterocycles. The first-order chi connectivity index (χ1) is 5.40. The van der Waals surface area contributed by atoms with Gasteiger partial charge in [0.1, 0.15) is 4.32 Å². The van der Waals surface area contributed by atoms with E-state index in [1.807, 2.05) is 6.92 Å². The highest BCUT2D eigenvalue weighted by Crippen LogP contribution is 2.49. The van der Waals surface area contributed by atoms with E-state index in [4.69, 9.17) is 5.11 Å². The van der Waals surface area contributed by atoms with Crippen LogP contribution in [0.25, 0.3) is 0 Å². The Labute approximate surface area is 89.0 Å². The third-order valence-corrected chi connectivity index (χ3v) is 5.80. The Kier molecular flexibility index (Phi) is 2.88. The second kappa shape index (κ2) is 3.29. The second-order valence-corrected chi connectivity index (χ2v) is 6.61. The summed E-state index contributed by atoms with van der Waals surface area (Å²) >= 11 is 6.82. The van der Waals surface area contributed by atoms with Gasteiger partial charge in [-0.05, 0) is 19.8 Å². The minimum absolute atomic E-state index is 0.315. The molecule has 1 aliphatic rings. The summed E-state index contributed by atoms with van der Waals surface area (Å²) in [6, 6.07) is 0. The summed E-state index contributed by atoms with van der Waals surface area (Å²) in [5.41, 5.74) is 0. The molecule has 2 atom stereocenters. The van der Waals surface area contributed by atoms with Crippen LogP contribution in [0.5, 0.6) is 0 Å². The molecule has 1 N–H and O–H groups in total. The smallest absolute Gasteiger partial charge is 0.321 e. The zero-order valence-corrected chi connectivity index (χ0v) is 10.1. The van der Waals surface area contributed by atoms with Crippen LogP contribution < -0.4 is 0 Å². The Bertz CT molecular complexity index is 203. The predicted molar refractivity (Wildman–Crippen MR) is 55.1 cm³/mol. The van der Waals surface area contributed by atoms with E-state index in [2.05, 4.69) is 31.9 Å². The maximum atomic E-state index is 11.0. The van der Waals surface area contributed by atoms with Crippen molar-refractivity contribution < 1.29 is 9.90 Å². The van der Waals surface area contributed by atoms with Gasteiger partial charge < -0.3 is 5.11 Å². The first-order valence-corrected chi connectivity index (χ1v) is 5.60. The molecule has 70 valence electrons. The molecule has 0 bridgehead atoms. The van der Waals surface area contributed by atoms with Crippen LogP contribution in [0.2, 0.25) is 0 Å². The number of rotatable bonds is 1. The van der Waals surface area contributed by atoms with Crippen LogP contribution in [-0.2, 0) is 4.79 Å². The molecular weight excluding hydrogens is 288 g/mol. The first-order valence-electron chi connectivity index (χ1n) is 4.01. The van der Waals surface area contributed by atoms with Gasteiger partial charge in [0.25, 0.3) is 0 Å². The minimum atomic E-state index is -0.780. The molecule has 0 aromatic carbocycles. The number of aliphatic carboxylic acids is 1. The van der Waals surface area contributed by atoms with Crippen molar-refractivity contribution in [2.45, 2.75) is 41.3 Å². The second-order valence-electron chi connectivity index (χ2n) is 3.51. The van der Waals surface area contributed by atoms with Gasteiger partial charge in [0, 0.05) is 4.32 Å². The molecule has 4 heteroatoms. The third kappa shape index (κ3) is 1.55. The van der Waals surface area contributed by atoms with Gasteiger partial charge in [0.05, 0.1) is 0 Å². The van der Waals surface area contributed by atoms with Crippen molar-refractivity contribution in [2.75, 3.05) is 0 Å². The number of carbonyl (C=O) groups is 1. The van der Waals surface area contributed by atoms with Crippen molar-refractivity contribution >= 4 is 37.8 Å². The molecule has 0 aromatic heterocycles. The first kappa shape index (κ1) is 10.5. The van der Waals surface area contributed by atoms with Crippen molar-refractivity contribution in [2.24, 2.45) is 0 Å². The molecule has 0 radical (unpaired) electrons. The molecule has 2 unspecified atom stereocenters. The largest absolute Gasteiger partial charge is 0.480 e. The Hall–Kier alpha value is 0.430. The normalized spacial score (nSPS) is 42.6. The maximum Gasteiger partial charge on any atom is 0.321 e. The molecule has 1 rings (SSSR count). The summed E-state index contributed by atoms with van der Waals surface area (Å²) in [7, 11) is 0. The third-order valence-electron chi connectivity index (χ3n) is 2.58. The van der Waals surface area contributed by atoms with E-state index in [1.54, 1.807) is 0 Å². The lowest BCUT2D eigenvalue weighted by Crippen LogP contribution is -2.51. The van der Waals surface area contributed by atoms with E-state index in [0.29, 0.717) is 6.42 Å². The summed E-state index contributed by atoms with van der Waals surface area (Å²) in [4.78, 5) is 11.0. The van der Waals surface area contributed by atoms with Crippen LogP contribution in [0.15, 0.2) is 0 Å². The SMILES string of the molecule is CC1(Br)CCCCC1(Br)C(=O)O. The summed E-state index contributed by atoms with van der Waals surface area (Å²) in [6.07, 6.45) is 3.69. The lowest BCUT2D eigenvalue weighted by Gasteiger charge is -2.41. The average molecular weight is 300 g/mol. The predicted octanol–water partition coefficient (Wildman–Crippen LogP) is 2.93. The quantitative estimate of drug-likeness (QED) is 0.756. The van der Waals surface area contributed by atoms with Crippen molar-refractivity contribution in [3.63, 3.8) is 0 Å². The zero-order chi connectivity index (χ0) is 9.41. The molecular formula is C8H12Br2O2. The van der Waals surface area contributed by atoms with Gasteiger partial charge >= 0.3 is 5.97 Å². The lowest BCUT2D eigenvalue weighted by molar-refractivity contribution is -0.141. The van der Waals surface area contributed by atoms with E-state index in [9.17, 15) is 4.79 Å². The monoisotopic (exact) mass is 298 g/mol. The van der Waals surface area contributed by atoms with E-state index < -0.39 is 10.3 Å². The zero-order valence-electron chi connectivity index (χ0n) is 6.94. The van der Waals surface area contributed by atoms with Crippen LogP contribution in [0.3, 0.4) is 0 Å². The van der Waals surface area contributed by atoms with E-state index in [0.717, 1.165) is 19.3 Å². The lowest BCUT2D eigenvalue weighted by atomic mass is 9.80. The number of carboxylic acids is 1. The van der Waals surface area contributed by atoms with E-state index >= 15 is 0 Å². The average Bonchev–Trinajstić information content (AvgIpc) is 1.95. The summed E-state index contributed by atoms with van der Waals surface area (Å²) in [5, 5.41) is 9.06. The van der Waals surface area contributed by atoms with Crippen molar-refractivity contribution in [1.82, 2.24) is 0 Å². The topological polar surface area (TPSA) is 37.3 Å². The Morgan fingerprint density at radius 1 is 1.33 bits per heavy atom. The van der Waals surface area contributed by atoms with Crippen LogP contribution >= 0.6 is 31.9 Å². The molecule has 0 saturated heterocycles. The summed E-state index contributed by atoms with van der Waals surface area (Å²) in [6.45, 7) is 1.94. The molecule has 0 aromatic rings. The number of alkyl halides is 2. The Balaban J connectivity index is 2.91. The highest BCUT2D eigenvalue weighted by molar-refractivity contribution is 9.13. The maximum absolute atomic E-state index is 11.0. The number of hydrogen-bond donors (Lipinski definition) is 1.